The van der Waals surface area contributed by atoms with Crippen LogP contribution in [0.5, 0.6) is 5.75 Å². The first-order chi connectivity index (χ1) is 13.1. The number of anilines is 1. The van der Waals surface area contributed by atoms with Crippen molar-refractivity contribution in [2.45, 2.75) is 26.2 Å². The molecule has 1 saturated heterocycles. The largest absolute Gasteiger partial charge is 0.497 e. The zero-order valence-corrected chi connectivity index (χ0v) is 16.5. The van der Waals surface area contributed by atoms with Crippen LogP contribution in [0.4, 0.5) is 5.69 Å². The summed E-state index contributed by atoms with van der Waals surface area (Å²) < 4.78 is 5.26. The highest BCUT2D eigenvalue weighted by Gasteiger charge is 2.41. The van der Waals surface area contributed by atoms with Gasteiger partial charge in [-0.25, -0.2) is 0 Å². The highest BCUT2D eigenvalue weighted by Crippen LogP contribution is 2.42. The first-order valence-electron chi connectivity index (χ1n) is 9.68. The van der Waals surface area contributed by atoms with Gasteiger partial charge in [0.05, 0.1) is 7.11 Å². The number of ether oxygens (including phenoxy) is 1. The lowest BCUT2D eigenvalue weighted by atomic mass is 9.72. The van der Waals surface area contributed by atoms with Crippen LogP contribution in [-0.2, 0) is 4.79 Å². The minimum atomic E-state index is -0.105. The highest BCUT2D eigenvalue weighted by atomic mass is 16.5. The zero-order chi connectivity index (χ0) is 19.4. The average Bonchev–Trinajstić information content (AvgIpc) is 2.79. The van der Waals surface area contributed by atoms with Crippen LogP contribution in [0.25, 0.3) is 0 Å². The standard InChI is InChI=1S/C24H29NO2/c1-5-9-22-23(19-10-7-6-8-11-19)18(3)17(2)16-25(24(22)26)20-12-14-21(27-4)15-13-20/h5-8,10-15,17-18,22-23H,1,9,16H2,2-4H3/t17?,18-,22-,23-/m1/s1. The number of hydrogen-bond acceptors (Lipinski definition) is 2. The van der Waals surface area contributed by atoms with Gasteiger partial charge in [0, 0.05) is 18.2 Å². The molecular formula is C24H29NO2. The Labute approximate surface area is 162 Å². The number of carbonyl (C=O) groups excluding carboxylic acids is 1. The molecule has 142 valence electrons. The van der Waals surface area contributed by atoms with Crippen LogP contribution in [0.15, 0.2) is 67.3 Å². The highest BCUT2D eigenvalue weighted by molar-refractivity contribution is 5.96. The Hall–Kier alpha value is -2.55. The Morgan fingerprint density at radius 1 is 1.11 bits per heavy atom. The Morgan fingerprint density at radius 2 is 1.78 bits per heavy atom. The summed E-state index contributed by atoms with van der Waals surface area (Å²) in [6.07, 6.45) is 2.57. The summed E-state index contributed by atoms with van der Waals surface area (Å²) in [5.74, 6) is 1.85. The lowest BCUT2D eigenvalue weighted by molar-refractivity contribution is -0.122. The maximum Gasteiger partial charge on any atom is 0.231 e. The lowest BCUT2D eigenvalue weighted by Crippen LogP contribution is -2.37. The molecule has 3 rings (SSSR count). The Bertz CT molecular complexity index is 769. The molecule has 4 atom stereocenters. The smallest absolute Gasteiger partial charge is 0.231 e. The average molecular weight is 364 g/mol. The molecule has 3 nitrogen and oxygen atoms in total. The Kier molecular flexibility index (Phi) is 6.00. The molecule has 3 heteroatoms. The van der Waals surface area contributed by atoms with E-state index in [1.807, 2.05) is 41.3 Å². The fraction of sp³-hybridized carbons (Fsp3) is 0.375. The third-order valence-corrected chi connectivity index (χ3v) is 5.94. The molecule has 0 aliphatic carbocycles. The first kappa shape index (κ1) is 19.2. The second-order valence-electron chi connectivity index (χ2n) is 7.55. The Morgan fingerprint density at radius 3 is 2.37 bits per heavy atom. The number of amides is 1. The summed E-state index contributed by atoms with van der Waals surface area (Å²) in [7, 11) is 1.65. The van der Waals surface area contributed by atoms with Gasteiger partial charge in [0.1, 0.15) is 5.75 Å². The minimum Gasteiger partial charge on any atom is -0.497 e. The van der Waals surface area contributed by atoms with E-state index >= 15 is 0 Å². The molecule has 0 bridgehead atoms. The molecule has 2 aromatic carbocycles. The van der Waals surface area contributed by atoms with E-state index in [0.29, 0.717) is 18.3 Å². The van der Waals surface area contributed by atoms with Gasteiger partial charge >= 0.3 is 0 Å². The van der Waals surface area contributed by atoms with Gasteiger partial charge in [0.15, 0.2) is 0 Å². The first-order valence-corrected chi connectivity index (χ1v) is 9.68. The number of allylic oxidation sites excluding steroid dienone is 1. The summed E-state index contributed by atoms with van der Waals surface area (Å²) in [6.45, 7) is 9.18. The predicted molar refractivity (Wildman–Crippen MR) is 111 cm³/mol. The number of benzene rings is 2. The van der Waals surface area contributed by atoms with Crippen molar-refractivity contribution in [2.24, 2.45) is 17.8 Å². The van der Waals surface area contributed by atoms with Crippen molar-refractivity contribution in [3.8, 4) is 5.75 Å². The van der Waals surface area contributed by atoms with Crippen molar-refractivity contribution in [1.82, 2.24) is 0 Å². The SMILES string of the molecule is C=CC[C@H]1C(=O)N(c2ccc(OC)cc2)CC(C)[C@@H](C)[C@@H]1c1ccccc1. The van der Waals surface area contributed by atoms with Crippen molar-refractivity contribution in [2.75, 3.05) is 18.6 Å². The van der Waals surface area contributed by atoms with E-state index in [9.17, 15) is 4.79 Å². The van der Waals surface area contributed by atoms with Gasteiger partial charge in [-0.2, -0.15) is 0 Å². The summed E-state index contributed by atoms with van der Waals surface area (Å²) in [4.78, 5) is 15.6. The molecule has 1 unspecified atom stereocenters. The van der Waals surface area contributed by atoms with E-state index in [4.69, 9.17) is 4.74 Å². The molecule has 0 saturated carbocycles. The van der Waals surface area contributed by atoms with Crippen LogP contribution in [-0.4, -0.2) is 19.6 Å². The molecule has 1 aliphatic heterocycles. The van der Waals surface area contributed by atoms with E-state index < -0.39 is 0 Å². The molecule has 0 spiro atoms. The molecule has 1 heterocycles. The molecule has 0 aromatic heterocycles. The van der Waals surface area contributed by atoms with Crippen LogP contribution in [0, 0.1) is 17.8 Å². The second-order valence-corrected chi connectivity index (χ2v) is 7.55. The molecular weight excluding hydrogens is 334 g/mol. The normalized spacial score (nSPS) is 25.7. The summed E-state index contributed by atoms with van der Waals surface area (Å²) >= 11 is 0. The van der Waals surface area contributed by atoms with E-state index in [1.54, 1.807) is 7.11 Å². The van der Waals surface area contributed by atoms with Crippen molar-refractivity contribution in [3.63, 3.8) is 0 Å². The van der Waals surface area contributed by atoms with Gasteiger partial charge in [0.25, 0.3) is 0 Å². The predicted octanol–water partition coefficient (Wildman–Crippen LogP) is 5.29. The summed E-state index contributed by atoms with van der Waals surface area (Å²) in [6, 6.07) is 18.2. The fourth-order valence-electron chi connectivity index (χ4n) is 4.25. The molecule has 1 amide bonds. The number of hydrogen-bond donors (Lipinski definition) is 0. The van der Waals surface area contributed by atoms with Crippen molar-refractivity contribution >= 4 is 11.6 Å². The molecule has 27 heavy (non-hydrogen) atoms. The topological polar surface area (TPSA) is 29.5 Å². The number of rotatable bonds is 5. The van der Waals surface area contributed by atoms with Gasteiger partial charge in [-0.1, -0.05) is 50.3 Å². The van der Waals surface area contributed by atoms with Crippen LogP contribution in [0.1, 0.15) is 31.7 Å². The minimum absolute atomic E-state index is 0.105. The number of nitrogens with zero attached hydrogens (tertiary/aromatic N) is 1. The van der Waals surface area contributed by atoms with Gasteiger partial charge in [-0.3, -0.25) is 4.79 Å². The maximum absolute atomic E-state index is 13.6. The maximum atomic E-state index is 13.6. The third-order valence-electron chi connectivity index (χ3n) is 5.94. The van der Waals surface area contributed by atoms with Crippen LogP contribution in [0.2, 0.25) is 0 Å². The molecule has 0 N–H and O–H groups in total. The van der Waals surface area contributed by atoms with E-state index in [-0.39, 0.29) is 17.7 Å². The van der Waals surface area contributed by atoms with Gasteiger partial charge in [-0.15, -0.1) is 6.58 Å². The lowest BCUT2D eigenvalue weighted by Gasteiger charge is -2.30. The third kappa shape index (κ3) is 3.92. The monoisotopic (exact) mass is 363 g/mol. The van der Waals surface area contributed by atoms with E-state index in [2.05, 4.69) is 44.7 Å². The van der Waals surface area contributed by atoms with E-state index in [0.717, 1.165) is 18.0 Å². The zero-order valence-electron chi connectivity index (χ0n) is 16.5. The quantitative estimate of drug-likeness (QED) is 0.676. The molecule has 1 fully saturated rings. The molecule has 1 aliphatic rings. The van der Waals surface area contributed by atoms with Crippen LogP contribution >= 0.6 is 0 Å². The molecule has 0 radical (unpaired) electrons. The Balaban J connectivity index is 2.02. The van der Waals surface area contributed by atoms with Crippen LogP contribution < -0.4 is 9.64 Å². The molecule has 2 aromatic rings. The van der Waals surface area contributed by atoms with Gasteiger partial charge < -0.3 is 9.64 Å². The van der Waals surface area contributed by atoms with Crippen molar-refractivity contribution < 1.29 is 9.53 Å². The van der Waals surface area contributed by atoms with E-state index in [1.165, 1.54) is 5.56 Å². The number of methoxy groups -OCH3 is 1. The number of carbonyl (C=O) groups is 1. The van der Waals surface area contributed by atoms with Gasteiger partial charge in [-0.05, 0) is 54.0 Å². The fourth-order valence-corrected chi connectivity index (χ4v) is 4.25. The van der Waals surface area contributed by atoms with Gasteiger partial charge in [0.2, 0.25) is 5.91 Å². The van der Waals surface area contributed by atoms with Crippen molar-refractivity contribution in [3.05, 3.63) is 72.8 Å². The van der Waals surface area contributed by atoms with Crippen molar-refractivity contribution in [1.29, 1.82) is 0 Å². The second kappa shape index (κ2) is 8.43. The summed E-state index contributed by atoms with van der Waals surface area (Å²) in [5.41, 5.74) is 2.18. The van der Waals surface area contributed by atoms with Crippen LogP contribution in [0.3, 0.4) is 0 Å². The summed E-state index contributed by atoms with van der Waals surface area (Å²) in [5, 5.41) is 0.